The van der Waals surface area contributed by atoms with Crippen molar-refractivity contribution in [2.24, 2.45) is 5.92 Å². The SMILES string of the molecule is CCOC(=O)c1c(C)nsc1NC1CCCC1C. The predicted octanol–water partition coefficient (Wildman–Crippen LogP) is 3.23. The van der Waals surface area contributed by atoms with Crippen LogP contribution in [0.15, 0.2) is 0 Å². The molecule has 4 nitrogen and oxygen atoms in total. The molecule has 18 heavy (non-hydrogen) atoms. The zero-order valence-corrected chi connectivity index (χ0v) is 12.0. The molecule has 2 unspecified atom stereocenters. The second-order valence-corrected chi connectivity index (χ2v) is 5.62. The van der Waals surface area contributed by atoms with Crippen molar-refractivity contribution in [1.29, 1.82) is 0 Å². The molecule has 0 radical (unpaired) electrons. The first kappa shape index (κ1) is 13.3. The monoisotopic (exact) mass is 268 g/mol. The highest BCUT2D eigenvalue weighted by Crippen LogP contribution is 2.32. The molecule has 1 N–H and O–H groups in total. The van der Waals surface area contributed by atoms with Gasteiger partial charge in [0.05, 0.1) is 12.3 Å². The van der Waals surface area contributed by atoms with Crippen LogP contribution in [-0.2, 0) is 4.74 Å². The Morgan fingerprint density at radius 1 is 1.56 bits per heavy atom. The van der Waals surface area contributed by atoms with Crippen molar-refractivity contribution < 1.29 is 9.53 Å². The van der Waals surface area contributed by atoms with Crippen molar-refractivity contribution >= 4 is 22.5 Å². The number of rotatable bonds is 4. The molecule has 1 heterocycles. The zero-order chi connectivity index (χ0) is 13.1. The molecule has 1 aliphatic carbocycles. The Balaban J connectivity index is 2.15. The van der Waals surface area contributed by atoms with Gasteiger partial charge in [0.2, 0.25) is 0 Å². The highest BCUT2D eigenvalue weighted by molar-refractivity contribution is 7.10. The maximum absolute atomic E-state index is 11.9. The van der Waals surface area contributed by atoms with E-state index in [0.717, 1.165) is 10.7 Å². The van der Waals surface area contributed by atoms with E-state index in [0.29, 0.717) is 24.1 Å². The third-order valence-corrected chi connectivity index (χ3v) is 4.39. The van der Waals surface area contributed by atoms with Gasteiger partial charge in [-0.25, -0.2) is 4.79 Å². The van der Waals surface area contributed by atoms with Gasteiger partial charge in [0.25, 0.3) is 0 Å². The summed E-state index contributed by atoms with van der Waals surface area (Å²) >= 11 is 1.36. The largest absolute Gasteiger partial charge is 0.462 e. The molecule has 0 aliphatic heterocycles. The van der Waals surface area contributed by atoms with Gasteiger partial charge >= 0.3 is 5.97 Å². The lowest BCUT2D eigenvalue weighted by molar-refractivity contribution is 0.0527. The number of hydrogen-bond donors (Lipinski definition) is 1. The van der Waals surface area contributed by atoms with Gasteiger partial charge in [0.1, 0.15) is 10.6 Å². The van der Waals surface area contributed by atoms with E-state index in [1.54, 1.807) is 0 Å². The molecule has 1 aliphatic rings. The number of aromatic nitrogens is 1. The van der Waals surface area contributed by atoms with Crippen molar-refractivity contribution in [2.45, 2.75) is 46.1 Å². The Hall–Kier alpha value is -1.10. The quantitative estimate of drug-likeness (QED) is 0.852. The van der Waals surface area contributed by atoms with Gasteiger partial charge in [-0.2, -0.15) is 4.37 Å². The summed E-state index contributed by atoms with van der Waals surface area (Å²) in [5.41, 5.74) is 1.37. The summed E-state index contributed by atoms with van der Waals surface area (Å²) in [7, 11) is 0. The summed E-state index contributed by atoms with van der Waals surface area (Å²) in [6, 6.07) is 0.457. The number of anilines is 1. The van der Waals surface area contributed by atoms with E-state index in [9.17, 15) is 4.79 Å². The molecule has 1 saturated carbocycles. The maximum atomic E-state index is 11.9. The fourth-order valence-corrected chi connectivity index (χ4v) is 3.29. The summed E-state index contributed by atoms with van der Waals surface area (Å²) in [5, 5.41) is 4.34. The molecule has 0 aromatic carbocycles. The van der Waals surface area contributed by atoms with Crippen molar-refractivity contribution in [1.82, 2.24) is 4.37 Å². The van der Waals surface area contributed by atoms with Gasteiger partial charge in [-0.15, -0.1) is 0 Å². The van der Waals surface area contributed by atoms with E-state index in [-0.39, 0.29) is 5.97 Å². The third-order valence-electron chi connectivity index (χ3n) is 3.52. The molecule has 1 fully saturated rings. The minimum atomic E-state index is -0.267. The molecular weight excluding hydrogens is 248 g/mol. The Labute approximate surface area is 112 Å². The minimum Gasteiger partial charge on any atom is -0.462 e. The molecule has 5 heteroatoms. The lowest BCUT2D eigenvalue weighted by atomic mass is 10.1. The number of carbonyl (C=O) groups excluding carboxylic acids is 1. The molecule has 100 valence electrons. The maximum Gasteiger partial charge on any atom is 0.343 e. The zero-order valence-electron chi connectivity index (χ0n) is 11.2. The summed E-state index contributed by atoms with van der Waals surface area (Å²) in [6.45, 7) is 6.32. The molecule has 0 bridgehead atoms. The number of nitrogens with one attached hydrogen (secondary N) is 1. The Bertz CT molecular complexity index is 431. The van der Waals surface area contributed by atoms with Gasteiger partial charge in [0, 0.05) is 6.04 Å². The van der Waals surface area contributed by atoms with E-state index < -0.39 is 0 Å². The molecule has 0 amide bonds. The molecule has 1 aromatic heterocycles. The first-order valence-corrected chi connectivity index (χ1v) is 7.30. The van der Waals surface area contributed by atoms with E-state index in [2.05, 4.69) is 16.6 Å². The summed E-state index contributed by atoms with van der Waals surface area (Å²) in [6.07, 6.45) is 3.68. The number of esters is 1. The van der Waals surface area contributed by atoms with E-state index in [1.807, 2.05) is 13.8 Å². The molecular formula is C13H20N2O2S. The van der Waals surface area contributed by atoms with Crippen LogP contribution in [0.25, 0.3) is 0 Å². The van der Waals surface area contributed by atoms with Crippen LogP contribution < -0.4 is 5.32 Å². The van der Waals surface area contributed by atoms with E-state index >= 15 is 0 Å². The molecule has 0 saturated heterocycles. The number of ether oxygens (including phenoxy) is 1. The van der Waals surface area contributed by atoms with Crippen LogP contribution in [0.5, 0.6) is 0 Å². The molecule has 2 atom stereocenters. The smallest absolute Gasteiger partial charge is 0.343 e. The summed E-state index contributed by atoms with van der Waals surface area (Å²) in [4.78, 5) is 11.9. The average Bonchev–Trinajstić information content (AvgIpc) is 2.88. The number of hydrogen-bond acceptors (Lipinski definition) is 5. The average molecular weight is 268 g/mol. The van der Waals surface area contributed by atoms with Crippen LogP contribution in [0.3, 0.4) is 0 Å². The number of carbonyl (C=O) groups is 1. The van der Waals surface area contributed by atoms with Gasteiger partial charge < -0.3 is 10.1 Å². The van der Waals surface area contributed by atoms with Crippen LogP contribution >= 0.6 is 11.5 Å². The van der Waals surface area contributed by atoms with Crippen molar-refractivity contribution in [3.63, 3.8) is 0 Å². The first-order valence-electron chi connectivity index (χ1n) is 6.53. The molecule has 1 aromatic rings. The van der Waals surface area contributed by atoms with Crippen molar-refractivity contribution in [3.05, 3.63) is 11.3 Å². The van der Waals surface area contributed by atoms with Crippen molar-refractivity contribution in [3.8, 4) is 0 Å². The lowest BCUT2D eigenvalue weighted by Crippen LogP contribution is -2.22. The summed E-state index contributed by atoms with van der Waals surface area (Å²) in [5.74, 6) is 0.388. The standard InChI is InChI=1S/C13H20N2O2S/c1-4-17-13(16)11-9(3)15-18-12(11)14-10-7-5-6-8(10)2/h8,10,14H,4-7H2,1-3H3. The molecule has 0 spiro atoms. The van der Waals surface area contributed by atoms with Gasteiger partial charge in [-0.05, 0) is 44.1 Å². The van der Waals surface area contributed by atoms with Crippen molar-refractivity contribution in [2.75, 3.05) is 11.9 Å². The van der Waals surface area contributed by atoms with Crippen LogP contribution in [0, 0.1) is 12.8 Å². The van der Waals surface area contributed by atoms with E-state index in [4.69, 9.17) is 4.74 Å². The van der Waals surface area contributed by atoms with Gasteiger partial charge in [-0.3, -0.25) is 0 Å². The van der Waals surface area contributed by atoms with Crippen LogP contribution in [0.2, 0.25) is 0 Å². The number of aryl methyl sites for hydroxylation is 1. The van der Waals surface area contributed by atoms with Gasteiger partial charge in [0.15, 0.2) is 0 Å². The normalized spacial score (nSPS) is 23.1. The Morgan fingerprint density at radius 2 is 2.33 bits per heavy atom. The summed E-state index contributed by atoms with van der Waals surface area (Å²) < 4.78 is 9.35. The highest BCUT2D eigenvalue weighted by Gasteiger charge is 2.27. The molecule has 2 rings (SSSR count). The minimum absolute atomic E-state index is 0.267. The second kappa shape index (κ2) is 5.69. The fraction of sp³-hybridized carbons (Fsp3) is 0.692. The Kier molecular flexibility index (Phi) is 4.22. The third kappa shape index (κ3) is 2.66. The first-order chi connectivity index (χ1) is 8.63. The van der Waals surface area contributed by atoms with Crippen LogP contribution in [0.4, 0.5) is 5.00 Å². The topological polar surface area (TPSA) is 51.2 Å². The highest BCUT2D eigenvalue weighted by atomic mass is 32.1. The number of nitrogens with zero attached hydrogens (tertiary/aromatic N) is 1. The second-order valence-electron chi connectivity index (χ2n) is 4.85. The predicted molar refractivity (Wildman–Crippen MR) is 73.2 cm³/mol. The van der Waals surface area contributed by atoms with Crippen LogP contribution in [-0.4, -0.2) is 23.0 Å². The fourth-order valence-electron chi connectivity index (χ4n) is 2.44. The van der Waals surface area contributed by atoms with Gasteiger partial charge in [-0.1, -0.05) is 13.3 Å². The van der Waals surface area contributed by atoms with E-state index in [1.165, 1.54) is 30.8 Å². The van der Waals surface area contributed by atoms with Crippen LogP contribution in [0.1, 0.15) is 49.2 Å². The lowest BCUT2D eigenvalue weighted by Gasteiger charge is -2.17. The Morgan fingerprint density at radius 3 is 2.94 bits per heavy atom.